The second-order valence-corrected chi connectivity index (χ2v) is 5.97. The summed E-state index contributed by atoms with van der Waals surface area (Å²) in [5.41, 5.74) is 1.20. The third-order valence-corrected chi connectivity index (χ3v) is 4.15. The van der Waals surface area contributed by atoms with Crippen molar-refractivity contribution < 1.29 is 0 Å². The fourth-order valence-electron chi connectivity index (χ4n) is 1.87. The van der Waals surface area contributed by atoms with E-state index in [0.29, 0.717) is 12.0 Å². The van der Waals surface area contributed by atoms with Crippen LogP contribution in [0.3, 0.4) is 0 Å². The van der Waals surface area contributed by atoms with Gasteiger partial charge in [0.1, 0.15) is 0 Å². The van der Waals surface area contributed by atoms with Crippen molar-refractivity contribution in [3.63, 3.8) is 0 Å². The summed E-state index contributed by atoms with van der Waals surface area (Å²) in [4.78, 5) is 0. The molecule has 0 fully saturated rings. The van der Waals surface area contributed by atoms with Crippen molar-refractivity contribution in [2.24, 2.45) is 5.92 Å². The van der Waals surface area contributed by atoms with Gasteiger partial charge >= 0.3 is 0 Å². The summed E-state index contributed by atoms with van der Waals surface area (Å²) in [6.07, 6.45) is 7.11. The minimum atomic E-state index is 0.553. The van der Waals surface area contributed by atoms with Gasteiger partial charge in [-0.1, -0.05) is 19.6 Å². The minimum Gasteiger partial charge on any atom is -0.386 e. The Balaban J connectivity index is 2.28. The lowest BCUT2D eigenvalue weighted by Crippen LogP contribution is -2.32. The molecule has 0 bridgehead atoms. The van der Waals surface area contributed by atoms with Gasteiger partial charge in [0.05, 0.1) is 0 Å². The normalized spacial score (nSPS) is 22.4. The number of hydrogen-bond acceptors (Lipinski definition) is 2. The highest BCUT2D eigenvalue weighted by molar-refractivity contribution is 14.1. The van der Waals surface area contributed by atoms with Crippen LogP contribution >= 0.6 is 22.6 Å². The van der Waals surface area contributed by atoms with Crippen LogP contribution in [0.25, 0.3) is 0 Å². The molecule has 3 heteroatoms. The molecule has 0 aromatic rings. The molecular formula is C13H23IN2. The Morgan fingerprint density at radius 3 is 3.00 bits per heavy atom. The van der Waals surface area contributed by atoms with E-state index in [-0.39, 0.29) is 0 Å². The Morgan fingerprint density at radius 1 is 1.69 bits per heavy atom. The zero-order valence-electron chi connectivity index (χ0n) is 10.4. The third-order valence-electron chi connectivity index (χ3n) is 3.17. The van der Waals surface area contributed by atoms with Crippen molar-refractivity contribution in [1.29, 1.82) is 0 Å². The maximum Gasteiger partial charge on any atom is 0.0296 e. The first-order valence-electron chi connectivity index (χ1n) is 6.08. The molecule has 0 heterocycles. The van der Waals surface area contributed by atoms with Gasteiger partial charge in [0.15, 0.2) is 0 Å². The predicted molar refractivity (Wildman–Crippen MR) is 79.7 cm³/mol. The average molecular weight is 334 g/mol. The van der Waals surface area contributed by atoms with Crippen LogP contribution in [-0.4, -0.2) is 19.6 Å². The molecule has 0 saturated carbocycles. The fraction of sp³-hybridized carbons (Fsp3) is 0.692. The minimum absolute atomic E-state index is 0.553. The first-order valence-corrected chi connectivity index (χ1v) is 7.15. The van der Waals surface area contributed by atoms with Crippen LogP contribution in [-0.2, 0) is 0 Å². The first kappa shape index (κ1) is 14.0. The highest BCUT2D eigenvalue weighted by Gasteiger charge is 2.15. The second kappa shape index (κ2) is 7.33. The van der Waals surface area contributed by atoms with Crippen LogP contribution in [0, 0.1) is 5.92 Å². The zero-order valence-corrected chi connectivity index (χ0v) is 12.5. The Bertz CT molecular complexity index is 261. The zero-order chi connectivity index (χ0) is 12.0. The van der Waals surface area contributed by atoms with Crippen LogP contribution in [0.5, 0.6) is 0 Å². The van der Waals surface area contributed by atoms with Gasteiger partial charge in [-0.3, -0.25) is 0 Å². The lowest BCUT2D eigenvalue weighted by atomic mass is 9.99. The summed E-state index contributed by atoms with van der Waals surface area (Å²) in [6.45, 7) is 7.46. The van der Waals surface area contributed by atoms with Gasteiger partial charge in [0.25, 0.3) is 0 Å². The smallest absolute Gasteiger partial charge is 0.0296 e. The van der Waals surface area contributed by atoms with E-state index in [1.165, 1.54) is 22.1 Å². The van der Waals surface area contributed by atoms with Crippen molar-refractivity contribution in [1.82, 2.24) is 10.6 Å². The molecule has 0 spiro atoms. The van der Waals surface area contributed by atoms with E-state index >= 15 is 0 Å². The molecule has 1 unspecified atom stereocenters. The Hall–Kier alpha value is -0.0300. The lowest BCUT2D eigenvalue weighted by molar-refractivity contribution is 0.466. The standard InChI is InChI=1S/C13H23IN2/c1-10(8-9-15-3)11(2)16-13-6-4-12(14)5-7-13/h4,10,13,15-16H,2,5-9H2,1,3H3/t10?,13-/m1/s1. The summed E-state index contributed by atoms with van der Waals surface area (Å²) in [7, 11) is 2.00. The molecular weight excluding hydrogens is 311 g/mol. The SMILES string of the molecule is C=C(N[C@@H]1CC=C(I)CC1)C(C)CCNC. The number of nitrogens with one attached hydrogen (secondary N) is 2. The van der Waals surface area contributed by atoms with E-state index in [0.717, 1.165) is 19.4 Å². The number of halogens is 1. The first-order chi connectivity index (χ1) is 7.63. The molecule has 2 nitrogen and oxygen atoms in total. The van der Waals surface area contributed by atoms with E-state index < -0.39 is 0 Å². The van der Waals surface area contributed by atoms with E-state index in [2.05, 4.69) is 52.8 Å². The molecule has 0 saturated heterocycles. The average Bonchev–Trinajstić information content (AvgIpc) is 2.29. The second-order valence-electron chi connectivity index (χ2n) is 4.59. The number of hydrogen-bond donors (Lipinski definition) is 2. The van der Waals surface area contributed by atoms with Gasteiger partial charge in [-0.25, -0.2) is 0 Å². The summed E-state index contributed by atoms with van der Waals surface area (Å²) < 4.78 is 1.50. The van der Waals surface area contributed by atoms with E-state index in [1.807, 2.05) is 7.05 Å². The van der Waals surface area contributed by atoms with Crippen LogP contribution < -0.4 is 10.6 Å². The molecule has 2 N–H and O–H groups in total. The summed E-state index contributed by atoms with van der Waals surface area (Å²) in [6, 6.07) is 0.600. The summed E-state index contributed by atoms with van der Waals surface area (Å²) in [5, 5.41) is 6.76. The van der Waals surface area contributed by atoms with E-state index in [4.69, 9.17) is 0 Å². The lowest BCUT2D eigenvalue weighted by Gasteiger charge is -2.26. The monoisotopic (exact) mass is 334 g/mol. The van der Waals surface area contributed by atoms with Gasteiger partial charge in [-0.05, 0) is 71.4 Å². The quantitative estimate of drug-likeness (QED) is 0.729. The van der Waals surface area contributed by atoms with Gasteiger partial charge < -0.3 is 10.6 Å². The molecule has 1 rings (SSSR count). The Kier molecular flexibility index (Phi) is 6.43. The van der Waals surface area contributed by atoms with Gasteiger partial charge in [0.2, 0.25) is 0 Å². The van der Waals surface area contributed by atoms with E-state index in [1.54, 1.807) is 0 Å². The largest absolute Gasteiger partial charge is 0.386 e. The molecule has 92 valence electrons. The molecule has 16 heavy (non-hydrogen) atoms. The maximum atomic E-state index is 4.16. The maximum absolute atomic E-state index is 4.16. The number of rotatable bonds is 6. The van der Waals surface area contributed by atoms with Crippen LogP contribution in [0.15, 0.2) is 21.9 Å². The predicted octanol–water partition coefficient (Wildman–Crippen LogP) is 3.21. The van der Waals surface area contributed by atoms with Gasteiger partial charge in [-0.15, -0.1) is 0 Å². The van der Waals surface area contributed by atoms with Crippen LogP contribution in [0.1, 0.15) is 32.6 Å². The third kappa shape index (κ3) is 4.87. The molecule has 1 aliphatic carbocycles. The molecule has 2 atom stereocenters. The van der Waals surface area contributed by atoms with Gasteiger partial charge in [0, 0.05) is 11.7 Å². The summed E-state index contributed by atoms with van der Waals surface area (Å²) >= 11 is 2.43. The van der Waals surface area contributed by atoms with E-state index in [9.17, 15) is 0 Å². The Morgan fingerprint density at radius 2 is 2.44 bits per heavy atom. The molecule has 0 aliphatic heterocycles. The molecule has 0 aromatic heterocycles. The van der Waals surface area contributed by atoms with Crippen molar-refractivity contribution in [3.8, 4) is 0 Å². The highest BCUT2D eigenvalue weighted by atomic mass is 127. The highest BCUT2D eigenvalue weighted by Crippen LogP contribution is 2.24. The fourth-order valence-corrected chi connectivity index (χ4v) is 2.44. The Labute approximate surface area is 113 Å². The van der Waals surface area contributed by atoms with Crippen molar-refractivity contribution in [3.05, 3.63) is 21.9 Å². The number of allylic oxidation sites excluding steroid dienone is 2. The summed E-state index contributed by atoms with van der Waals surface area (Å²) in [5.74, 6) is 0.553. The van der Waals surface area contributed by atoms with Gasteiger partial charge in [-0.2, -0.15) is 0 Å². The van der Waals surface area contributed by atoms with Crippen LogP contribution in [0.2, 0.25) is 0 Å². The van der Waals surface area contributed by atoms with Crippen molar-refractivity contribution >= 4 is 22.6 Å². The molecule has 1 aliphatic rings. The molecule has 0 aromatic carbocycles. The van der Waals surface area contributed by atoms with Crippen molar-refractivity contribution in [2.75, 3.05) is 13.6 Å². The molecule has 0 radical (unpaired) electrons. The van der Waals surface area contributed by atoms with Crippen LogP contribution in [0.4, 0.5) is 0 Å². The topological polar surface area (TPSA) is 24.1 Å². The van der Waals surface area contributed by atoms with Crippen molar-refractivity contribution in [2.45, 2.75) is 38.6 Å². The molecule has 0 amide bonds.